The molecule has 0 atom stereocenters. The molecule has 7 heteroatoms. The number of anilines is 1. The van der Waals surface area contributed by atoms with Gasteiger partial charge in [0.25, 0.3) is 5.56 Å². The fraction of sp³-hybridized carbons (Fsp3) is 0.0556. The Hall–Kier alpha value is -2.57. The van der Waals surface area contributed by atoms with Crippen molar-refractivity contribution in [2.45, 2.75) is 5.16 Å². The summed E-state index contributed by atoms with van der Waals surface area (Å²) in [5, 5.41) is 3.59. The first kappa shape index (κ1) is 17.3. The predicted octanol–water partition coefficient (Wildman–Crippen LogP) is 3.82. The second-order valence-electron chi connectivity index (χ2n) is 5.12. The van der Waals surface area contributed by atoms with Crippen LogP contribution in [0.15, 0.2) is 70.6 Å². The van der Waals surface area contributed by atoms with Gasteiger partial charge in [-0.25, -0.2) is 4.98 Å². The number of aromatic nitrogens is 2. The van der Waals surface area contributed by atoms with Crippen LogP contribution >= 0.6 is 23.4 Å². The molecule has 0 fully saturated rings. The lowest BCUT2D eigenvalue weighted by Gasteiger charge is -2.07. The van der Waals surface area contributed by atoms with Crippen LogP contribution < -0.4 is 10.9 Å². The number of carbonyl (C=O) groups is 1. The van der Waals surface area contributed by atoms with Crippen LogP contribution in [-0.2, 0) is 4.79 Å². The number of nitrogens with zero attached hydrogens (tertiary/aromatic N) is 1. The van der Waals surface area contributed by atoms with Gasteiger partial charge in [0.2, 0.25) is 5.91 Å². The number of amides is 1. The molecule has 0 radical (unpaired) electrons. The molecule has 0 saturated carbocycles. The van der Waals surface area contributed by atoms with Gasteiger partial charge in [-0.3, -0.25) is 9.59 Å². The van der Waals surface area contributed by atoms with E-state index < -0.39 is 0 Å². The summed E-state index contributed by atoms with van der Waals surface area (Å²) in [6, 6.07) is 17.8. The maximum absolute atomic E-state index is 12.1. The van der Waals surface area contributed by atoms with Crippen molar-refractivity contribution in [3.8, 4) is 11.3 Å². The topological polar surface area (TPSA) is 74.8 Å². The van der Waals surface area contributed by atoms with Crippen LogP contribution in [0.5, 0.6) is 0 Å². The number of hydrogen-bond acceptors (Lipinski definition) is 4. The highest BCUT2D eigenvalue weighted by Gasteiger charge is 2.09. The fourth-order valence-electron chi connectivity index (χ4n) is 2.14. The van der Waals surface area contributed by atoms with Crippen molar-refractivity contribution in [3.05, 3.63) is 76.0 Å². The first-order valence-corrected chi connectivity index (χ1v) is 8.82. The summed E-state index contributed by atoms with van der Waals surface area (Å²) >= 11 is 7.17. The van der Waals surface area contributed by atoms with E-state index in [4.69, 9.17) is 11.6 Å². The Bertz CT molecular complexity index is 944. The number of thioether (sulfide) groups is 1. The van der Waals surface area contributed by atoms with Gasteiger partial charge in [-0.05, 0) is 12.1 Å². The normalized spacial score (nSPS) is 10.4. The molecule has 0 aliphatic carbocycles. The largest absolute Gasteiger partial charge is 0.324 e. The third-order valence-corrected chi connectivity index (χ3v) is 4.48. The Morgan fingerprint density at radius 1 is 1.12 bits per heavy atom. The Kier molecular flexibility index (Phi) is 5.53. The molecule has 0 bridgehead atoms. The molecule has 1 heterocycles. The van der Waals surface area contributed by atoms with Gasteiger partial charge in [0.05, 0.1) is 22.2 Å². The fourth-order valence-corrected chi connectivity index (χ4v) is 3.00. The third-order valence-electron chi connectivity index (χ3n) is 3.28. The summed E-state index contributed by atoms with van der Waals surface area (Å²) in [5.74, 6) is -0.127. The van der Waals surface area contributed by atoms with Gasteiger partial charge >= 0.3 is 0 Å². The summed E-state index contributed by atoms with van der Waals surface area (Å²) in [7, 11) is 0. The first-order chi connectivity index (χ1) is 12.1. The van der Waals surface area contributed by atoms with Crippen LogP contribution in [-0.4, -0.2) is 21.6 Å². The van der Waals surface area contributed by atoms with Crippen molar-refractivity contribution in [2.24, 2.45) is 0 Å². The minimum atomic E-state index is -0.261. The summed E-state index contributed by atoms with van der Waals surface area (Å²) in [6.45, 7) is 0. The van der Waals surface area contributed by atoms with Crippen LogP contribution in [0, 0.1) is 0 Å². The number of benzene rings is 2. The number of rotatable bonds is 5. The van der Waals surface area contributed by atoms with E-state index in [1.807, 2.05) is 30.3 Å². The third kappa shape index (κ3) is 4.71. The van der Waals surface area contributed by atoms with E-state index in [9.17, 15) is 9.59 Å². The standard InChI is InChI=1S/C18H14ClN3O2S/c19-13-8-4-5-9-14(13)20-17(24)11-25-18-21-15(10-16(23)22-18)12-6-2-1-3-7-12/h1-10H,11H2,(H,20,24)(H,21,22,23). The number of H-pyrrole nitrogens is 1. The lowest BCUT2D eigenvalue weighted by Crippen LogP contribution is -2.15. The molecule has 0 unspecified atom stereocenters. The zero-order valence-electron chi connectivity index (χ0n) is 13.0. The van der Waals surface area contributed by atoms with Crippen molar-refractivity contribution < 1.29 is 4.79 Å². The quantitative estimate of drug-likeness (QED) is 0.528. The van der Waals surface area contributed by atoms with Gasteiger partial charge in [0.15, 0.2) is 5.16 Å². The number of carbonyl (C=O) groups excluding carboxylic acids is 1. The monoisotopic (exact) mass is 371 g/mol. The Morgan fingerprint density at radius 2 is 1.84 bits per heavy atom. The van der Waals surface area contributed by atoms with E-state index in [2.05, 4.69) is 15.3 Å². The van der Waals surface area contributed by atoms with Crippen molar-refractivity contribution in [1.82, 2.24) is 9.97 Å². The van der Waals surface area contributed by atoms with Crippen molar-refractivity contribution in [3.63, 3.8) is 0 Å². The number of hydrogen-bond donors (Lipinski definition) is 2. The highest BCUT2D eigenvalue weighted by atomic mass is 35.5. The van der Waals surface area contributed by atoms with Crippen LogP contribution in [0.1, 0.15) is 0 Å². The Labute approximate surface area is 153 Å². The van der Waals surface area contributed by atoms with Crippen LogP contribution in [0.4, 0.5) is 5.69 Å². The molecule has 0 spiro atoms. The second kappa shape index (κ2) is 8.00. The number of para-hydroxylation sites is 1. The molecule has 3 rings (SSSR count). The smallest absolute Gasteiger partial charge is 0.252 e. The maximum atomic E-state index is 12.1. The van der Waals surface area contributed by atoms with Crippen LogP contribution in [0.3, 0.4) is 0 Å². The number of aromatic amines is 1. The Morgan fingerprint density at radius 3 is 2.60 bits per heavy atom. The van der Waals surface area contributed by atoms with Gasteiger partial charge in [-0.1, -0.05) is 65.8 Å². The SMILES string of the molecule is O=C(CSc1nc(-c2ccccc2)cc(=O)[nH]1)Nc1ccccc1Cl. The summed E-state index contributed by atoms with van der Waals surface area (Å²) < 4.78 is 0. The van der Waals surface area contributed by atoms with E-state index in [1.165, 1.54) is 6.07 Å². The molecule has 2 aromatic carbocycles. The molecule has 0 aliphatic heterocycles. The molecule has 3 aromatic rings. The molecular weight excluding hydrogens is 358 g/mol. The van der Waals surface area contributed by atoms with E-state index in [0.29, 0.717) is 21.6 Å². The van der Waals surface area contributed by atoms with Gasteiger partial charge < -0.3 is 10.3 Å². The molecule has 0 saturated heterocycles. The van der Waals surface area contributed by atoms with Crippen LogP contribution in [0.25, 0.3) is 11.3 Å². The van der Waals surface area contributed by atoms with Gasteiger partial charge in [-0.15, -0.1) is 0 Å². The highest BCUT2D eigenvalue weighted by Crippen LogP contribution is 2.22. The lowest BCUT2D eigenvalue weighted by molar-refractivity contribution is -0.113. The van der Waals surface area contributed by atoms with Crippen LogP contribution in [0.2, 0.25) is 5.02 Å². The molecule has 1 amide bonds. The molecule has 126 valence electrons. The zero-order chi connectivity index (χ0) is 17.6. The number of nitrogens with one attached hydrogen (secondary N) is 2. The zero-order valence-corrected chi connectivity index (χ0v) is 14.6. The van der Waals surface area contributed by atoms with E-state index in [0.717, 1.165) is 17.3 Å². The van der Waals surface area contributed by atoms with E-state index >= 15 is 0 Å². The van der Waals surface area contributed by atoms with Gasteiger partial charge in [-0.2, -0.15) is 0 Å². The molecule has 5 nitrogen and oxygen atoms in total. The van der Waals surface area contributed by atoms with Crippen molar-refractivity contribution >= 4 is 35.0 Å². The maximum Gasteiger partial charge on any atom is 0.252 e. The van der Waals surface area contributed by atoms with E-state index in [-0.39, 0.29) is 17.2 Å². The van der Waals surface area contributed by atoms with Crippen molar-refractivity contribution in [2.75, 3.05) is 11.1 Å². The summed E-state index contributed by atoms with van der Waals surface area (Å²) in [5.41, 5.74) is 1.70. The van der Waals surface area contributed by atoms with E-state index in [1.54, 1.807) is 24.3 Å². The van der Waals surface area contributed by atoms with Crippen molar-refractivity contribution in [1.29, 1.82) is 0 Å². The highest BCUT2D eigenvalue weighted by molar-refractivity contribution is 7.99. The Balaban J connectivity index is 1.69. The second-order valence-corrected chi connectivity index (χ2v) is 6.49. The minimum absolute atomic E-state index is 0.104. The molecular formula is C18H14ClN3O2S. The average molecular weight is 372 g/mol. The first-order valence-electron chi connectivity index (χ1n) is 7.46. The molecule has 0 aliphatic rings. The summed E-state index contributed by atoms with van der Waals surface area (Å²) in [6.07, 6.45) is 0. The molecule has 2 N–H and O–H groups in total. The minimum Gasteiger partial charge on any atom is -0.324 e. The van der Waals surface area contributed by atoms with Gasteiger partial charge in [0, 0.05) is 11.6 Å². The lowest BCUT2D eigenvalue weighted by atomic mass is 10.1. The van der Waals surface area contributed by atoms with Gasteiger partial charge in [0.1, 0.15) is 0 Å². The average Bonchev–Trinajstić information content (AvgIpc) is 2.62. The predicted molar refractivity (Wildman–Crippen MR) is 101 cm³/mol. The molecule has 25 heavy (non-hydrogen) atoms. The summed E-state index contributed by atoms with van der Waals surface area (Å²) in [4.78, 5) is 30.9. The molecule has 1 aromatic heterocycles. The number of halogens is 1.